The van der Waals surface area contributed by atoms with Crippen LogP contribution in [0, 0.1) is 0 Å². The molecule has 0 aliphatic carbocycles. The molecule has 31 heavy (non-hydrogen) atoms. The molecule has 3 aromatic heterocycles. The first-order chi connectivity index (χ1) is 15.2. The standard InChI is InChI=1S/C25H26O4S2/c26-14-3-5-18-7-9-21(28-18)24(22-6-4-16-30-22)23-10-8-20(31-23)17-19-11-13-25(29-19)12-1-2-15-27-25/h4,6-11,13,16-17,24,26H,1-3,5,12,14-15H2/b19-17-. The second-order valence-electron chi connectivity index (χ2n) is 7.92. The smallest absolute Gasteiger partial charge is 0.230 e. The zero-order valence-corrected chi connectivity index (χ0v) is 18.9. The minimum absolute atomic E-state index is 0.0769. The average molecular weight is 455 g/mol. The molecule has 0 radical (unpaired) electrons. The van der Waals surface area contributed by atoms with E-state index in [1.54, 1.807) is 22.7 Å². The van der Waals surface area contributed by atoms with Crippen molar-refractivity contribution in [2.24, 2.45) is 0 Å². The third-order valence-corrected chi connectivity index (χ3v) is 7.68. The molecule has 1 spiro atoms. The van der Waals surface area contributed by atoms with Crippen molar-refractivity contribution in [3.05, 3.63) is 85.8 Å². The number of aliphatic hydroxyl groups excluding tert-OH is 1. The van der Waals surface area contributed by atoms with Crippen LogP contribution in [0.1, 0.15) is 57.8 Å². The van der Waals surface area contributed by atoms with Crippen LogP contribution in [0.3, 0.4) is 0 Å². The molecule has 3 aromatic rings. The highest BCUT2D eigenvalue weighted by atomic mass is 32.1. The summed E-state index contributed by atoms with van der Waals surface area (Å²) in [4.78, 5) is 3.65. The second-order valence-corrected chi connectivity index (χ2v) is 10.0. The number of aliphatic hydroxyl groups is 1. The molecule has 1 fully saturated rings. The molecule has 4 nitrogen and oxygen atoms in total. The van der Waals surface area contributed by atoms with Crippen LogP contribution in [-0.4, -0.2) is 24.1 Å². The van der Waals surface area contributed by atoms with Crippen molar-refractivity contribution in [2.75, 3.05) is 13.2 Å². The number of hydrogen-bond acceptors (Lipinski definition) is 6. The van der Waals surface area contributed by atoms with Gasteiger partial charge in [0.05, 0.1) is 12.5 Å². The number of furan rings is 1. The fourth-order valence-corrected chi connectivity index (χ4v) is 6.12. The van der Waals surface area contributed by atoms with Gasteiger partial charge in [0.2, 0.25) is 5.79 Å². The van der Waals surface area contributed by atoms with Crippen molar-refractivity contribution in [1.29, 1.82) is 0 Å². The molecule has 0 bridgehead atoms. The lowest BCUT2D eigenvalue weighted by molar-refractivity contribution is -0.191. The van der Waals surface area contributed by atoms with E-state index < -0.39 is 5.79 Å². The van der Waals surface area contributed by atoms with E-state index in [0.29, 0.717) is 6.42 Å². The maximum absolute atomic E-state index is 9.11. The van der Waals surface area contributed by atoms with Gasteiger partial charge in [0.1, 0.15) is 17.3 Å². The number of hydrogen-bond donors (Lipinski definition) is 1. The van der Waals surface area contributed by atoms with Gasteiger partial charge in [0, 0.05) is 34.1 Å². The summed E-state index contributed by atoms with van der Waals surface area (Å²) in [6, 6.07) is 12.7. The first kappa shape index (κ1) is 20.8. The number of thiophene rings is 2. The SMILES string of the molecule is OCCCc1ccc(C(c2cccs2)c2ccc(/C=C3/C=CC4(CCCCO4)O3)s2)o1. The lowest BCUT2D eigenvalue weighted by atomic mass is 10.0. The minimum atomic E-state index is -0.553. The van der Waals surface area contributed by atoms with E-state index in [1.165, 1.54) is 9.75 Å². The third kappa shape index (κ3) is 4.58. The quantitative estimate of drug-likeness (QED) is 0.453. The van der Waals surface area contributed by atoms with Crippen LogP contribution in [0.5, 0.6) is 0 Å². The van der Waals surface area contributed by atoms with Gasteiger partial charge in [-0.2, -0.15) is 0 Å². The molecular weight excluding hydrogens is 428 g/mol. The van der Waals surface area contributed by atoms with E-state index in [2.05, 4.69) is 47.9 Å². The first-order valence-electron chi connectivity index (χ1n) is 10.8. The molecule has 6 heteroatoms. The monoisotopic (exact) mass is 454 g/mol. The fraction of sp³-hybridized carbons (Fsp3) is 0.360. The predicted molar refractivity (Wildman–Crippen MR) is 124 cm³/mol. The van der Waals surface area contributed by atoms with Crippen LogP contribution in [0.4, 0.5) is 0 Å². The van der Waals surface area contributed by atoms with Gasteiger partial charge in [-0.15, -0.1) is 22.7 Å². The number of rotatable bonds is 7. The van der Waals surface area contributed by atoms with E-state index in [-0.39, 0.29) is 12.5 Å². The van der Waals surface area contributed by atoms with Crippen molar-refractivity contribution < 1.29 is 19.0 Å². The molecule has 1 N–H and O–H groups in total. The van der Waals surface area contributed by atoms with E-state index in [0.717, 1.165) is 54.4 Å². The Bertz CT molecular complexity index is 1050. The second kappa shape index (κ2) is 9.17. The summed E-state index contributed by atoms with van der Waals surface area (Å²) in [7, 11) is 0. The van der Waals surface area contributed by atoms with Crippen molar-refractivity contribution in [1.82, 2.24) is 0 Å². The Kier molecular flexibility index (Phi) is 6.14. The first-order valence-corrected chi connectivity index (χ1v) is 12.5. The van der Waals surface area contributed by atoms with Crippen LogP contribution in [0.15, 0.2) is 64.1 Å². The Morgan fingerprint density at radius 1 is 1.13 bits per heavy atom. The van der Waals surface area contributed by atoms with Gasteiger partial charge in [-0.25, -0.2) is 0 Å². The van der Waals surface area contributed by atoms with Gasteiger partial charge in [0.15, 0.2) is 0 Å². The molecule has 2 unspecified atom stereocenters. The summed E-state index contributed by atoms with van der Waals surface area (Å²) in [5, 5.41) is 11.2. The molecule has 5 rings (SSSR count). The predicted octanol–water partition coefficient (Wildman–Crippen LogP) is 6.33. The highest BCUT2D eigenvalue weighted by Crippen LogP contribution is 2.40. The molecule has 2 aliphatic rings. The van der Waals surface area contributed by atoms with Crippen LogP contribution in [-0.2, 0) is 15.9 Å². The summed E-state index contributed by atoms with van der Waals surface area (Å²) in [6.07, 6.45) is 10.8. The topological polar surface area (TPSA) is 51.8 Å². The summed E-state index contributed by atoms with van der Waals surface area (Å²) in [5.41, 5.74) is 0. The molecule has 0 aromatic carbocycles. The molecule has 0 saturated carbocycles. The highest BCUT2D eigenvalue weighted by molar-refractivity contribution is 7.13. The van der Waals surface area contributed by atoms with E-state index in [4.69, 9.17) is 19.0 Å². The van der Waals surface area contributed by atoms with Crippen LogP contribution < -0.4 is 0 Å². The van der Waals surface area contributed by atoms with Crippen molar-refractivity contribution in [3.63, 3.8) is 0 Å². The lowest BCUT2D eigenvalue weighted by Gasteiger charge is -2.31. The molecule has 0 amide bonds. The Morgan fingerprint density at radius 2 is 2.10 bits per heavy atom. The van der Waals surface area contributed by atoms with Gasteiger partial charge in [-0.1, -0.05) is 6.07 Å². The fourth-order valence-electron chi connectivity index (χ4n) is 4.11. The maximum Gasteiger partial charge on any atom is 0.230 e. The van der Waals surface area contributed by atoms with Gasteiger partial charge >= 0.3 is 0 Å². The zero-order chi connectivity index (χ0) is 21.1. The van der Waals surface area contributed by atoms with E-state index in [9.17, 15) is 0 Å². The Balaban J connectivity index is 1.38. The molecular formula is C25H26O4S2. The summed E-state index contributed by atoms with van der Waals surface area (Å²) in [5.74, 6) is 2.25. The van der Waals surface area contributed by atoms with Crippen LogP contribution >= 0.6 is 22.7 Å². The molecule has 2 aliphatic heterocycles. The van der Waals surface area contributed by atoms with E-state index >= 15 is 0 Å². The zero-order valence-electron chi connectivity index (χ0n) is 17.3. The molecule has 162 valence electrons. The van der Waals surface area contributed by atoms with Crippen molar-refractivity contribution in [2.45, 2.75) is 43.8 Å². The number of aryl methyl sites for hydroxylation is 1. The van der Waals surface area contributed by atoms with Gasteiger partial charge in [-0.05, 0) is 73.2 Å². The van der Waals surface area contributed by atoms with Gasteiger partial charge < -0.3 is 19.0 Å². The van der Waals surface area contributed by atoms with Crippen molar-refractivity contribution >= 4 is 28.7 Å². The summed E-state index contributed by atoms with van der Waals surface area (Å²) >= 11 is 3.50. The van der Waals surface area contributed by atoms with E-state index in [1.807, 2.05) is 12.1 Å². The lowest BCUT2D eigenvalue weighted by Crippen LogP contribution is -2.34. The van der Waals surface area contributed by atoms with Crippen LogP contribution in [0.2, 0.25) is 0 Å². The molecule has 1 saturated heterocycles. The molecule has 2 atom stereocenters. The van der Waals surface area contributed by atoms with Crippen LogP contribution in [0.25, 0.3) is 6.08 Å². The maximum atomic E-state index is 9.11. The third-order valence-electron chi connectivity index (χ3n) is 5.65. The number of ether oxygens (including phenoxy) is 2. The highest BCUT2D eigenvalue weighted by Gasteiger charge is 2.36. The van der Waals surface area contributed by atoms with Gasteiger partial charge in [-0.3, -0.25) is 0 Å². The Hall–Kier alpha value is -2.12. The minimum Gasteiger partial charge on any atom is -0.465 e. The van der Waals surface area contributed by atoms with Gasteiger partial charge in [0.25, 0.3) is 0 Å². The largest absolute Gasteiger partial charge is 0.465 e. The normalized spacial score (nSPS) is 22.9. The summed E-state index contributed by atoms with van der Waals surface area (Å²) < 4.78 is 18.2. The number of allylic oxidation sites excluding steroid dienone is 1. The summed E-state index contributed by atoms with van der Waals surface area (Å²) in [6.45, 7) is 0.933. The Morgan fingerprint density at radius 3 is 2.90 bits per heavy atom. The molecule has 5 heterocycles. The Labute approximate surface area is 190 Å². The van der Waals surface area contributed by atoms with Crippen molar-refractivity contribution in [3.8, 4) is 0 Å². The average Bonchev–Trinajstić information content (AvgIpc) is 3.58.